The molecule has 98 valence electrons. The summed E-state index contributed by atoms with van der Waals surface area (Å²) in [6, 6.07) is 2.46. The van der Waals surface area contributed by atoms with E-state index in [9.17, 15) is 8.78 Å². The van der Waals surface area contributed by atoms with E-state index in [0.29, 0.717) is 17.8 Å². The van der Waals surface area contributed by atoms with E-state index in [1.54, 1.807) is 0 Å². The molecule has 0 saturated carbocycles. The van der Waals surface area contributed by atoms with Gasteiger partial charge in [-0.2, -0.15) is 0 Å². The number of nitrogens with one attached hydrogen (secondary N) is 1. The lowest BCUT2D eigenvalue weighted by molar-refractivity contribution is 0.315. The molecule has 2 rings (SSSR count). The molecule has 0 bridgehead atoms. The Morgan fingerprint density at radius 2 is 2.00 bits per heavy atom. The number of benzene rings is 1. The van der Waals surface area contributed by atoms with Gasteiger partial charge in [0.2, 0.25) is 0 Å². The van der Waals surface area contributed by atoms with Crippen molar-refractivity contribution in [2.24, 2.45) is 11.1 Å². The molecule has 2 aromatic rings. The highest BCUT2D eigenvalue weighted by Crippen LogP contribution is 2.22. The molecule has 1 heterocycles. The summed E-state index contributed by atoms with van der Waals surface area (Å²) in [4.78, 5) is 7.04. The number of imidazole rings is 1. The molecule has 0 amide bonds. The van der Waals surface area contributed by atoms with E-state index in [4.69, 9.17) is 5.73 Å². The summed E-state index contributed by atoms with van der Waals surface area (Å²) in [7, 11) is 0. The van der Waals surface area contributed by atoms with Gasteiger partial charge in [-0.15, -0.1) is 0 Å². The van der Waals surface area contributed by atoms with E-state index < -0.39 is 11.6 Å². The Hall–Kier alpha value is -1.49. The van der Waals surface area contributed by atoms with Crippen LogP contribution in [0.3, 0.4) is 0 Å². The van der Waals surface area contributed by atoms with Crippen molar-refractivity contribution in [2.45, 2.75) is 33.2 Å². The van der Waals surface area contributed by atoms with E-state index in [-0.39, 0.29) is 17.0 Å². The van der Waals surface area contributed by atoms with E-state index in [1.807, 2.05) is 20.8 Å². The van der Waals surface area contributed by atoms with Crippen molar-refractivity contribution in [3.63, 3.8) is 0 Å². The molecule has 0 radical (unpaired) electrons. The average Bonchev–Trinajstić information content (AvgIpc) is 2.66. The fourth-order valence-electron chi connectivity index (χ4n) is 1.68. The minimum Gasteiger partial charge on any atom is -0.342 e. The van der Waals surface area contributed by atoms with Crippen LogP contribution in [0.2, 0.25) is 0 Å². The number of nitrogens with two attached hydrogens (primary N) is 1. The molecular formula is C13H17F2N3. The minimum absolute atomic E-state index is 0.0334. The van der Waals surface area contributed by atoms with Crippen molar-refractivity contribution in [1.82, 2.24) is 9.97 Å². The van der Waals surface area contributed by atoms with E-state index >= 15 is 0 Å². The highest BCUT2D eigenvalue weighted by molar-refractivity contribution is 5.75. The van der Waals surface area contributed by atoms with Crippen LogP contribution in [0.5, 0.6) is 0 Å². The smallest absolute Gasteiger partial charge is 0.186 e. The molecule has 0 aliphatic carbocycles. The lowest BCUT2D eigenvalue weighted by Gasteiger charge is -2.26. The molecule has 0 fully saturated rings. The second-order valence-electron chi connectivity index (χ2n) is 5.62. The number of fused-ring (bicyclic) bond motifs is 1. The van der Waals surface area contributed by atoms with Crippen molar-refractivity contribution in [1.29, 1.82) is 0 Å². The van der Waals surface area contributed by atoms with Crippen LogP contribution in [0.25, 0.3) is 11.0 Å². The molecule has 1 atom stereocenters. The van der Waals surface area contributed by atoms with Crippen molar-refractivity contribution in [3.8, 4) is 0 Å². The Morgan fingerprint density at radius 1 is 1.33 bits per heavy atom. The van der Waals surface area contributed by atoms with Crippen LogP contribution in [-0.4, -0.2) is 16.0 Å². The van der Waals surface area contributed by atoms with Gasteiger partial charge in [-0.05, 0) is 17.5 Å². The second-order valence-corrected chi connectivity index (χ2v) is 5.62. The average molecular weight is 253 g/mol. The van der Waals surface area contributed by atoms with Gasteiger partial charge in [-0.3, -0.25) is 0 Å². The van der Waals surface area contributed by atoms with Crippen LogP contribution in [0.4, 0.5) is 8.78 Å². The van der Waals surface area contributed by atoms with E-state index in [1.165, 1.54) is 6.07 Å². The lowest BCUT2D eigenvalue weighted by atomic mass is 9.85. The Labute approximate surface area is 104 Å². The summed E-state index contributed by atoms with van der Waals surface area (Å²) in [6.07, 6.45) is 0.499. The molecule has 1 aromatic carbocycles. The highest BCUT2D eigenvalue weighted by atomic mass is 19.2. The van der Waals surface area contributed by atoms with Crippen LogP contribution >= 0.6 is 0 Å². The summed E-state index contributed by atoms with van der Waals surface area (Å²) in [5, 5.41) is 0. The first-order chi connectivity index (χ1) is 8.29. The monoisotopic (exact) mass is 253 g/mol. The summed E-state index contributed by atoms with van der Waals surface area (Å²) in [5.41, 5.74) is 6.50. The molecule has 0 spiro atoms. The molecule has 0 saturated heterocycles. The standard InChI is InChI=1S/C13H17F2N3/c1-13(2,3)9(16)6-10-17-8-5-4-7(14)11(15)12(8)18-10/h4-5,9H,6,16H2,1-3H3,(H,17,18). The van der Waals surface area contributed by atoms with Gasteiger partial charge in [0, 0.05) is 12.5 Å². The summed E-state index contributed by atoms with van der Waals surface area (Å²) in [6.45, 7) is 6.09. The third-order valence-electron chi connectivity index (χ3n) is 3.12. The predicted molar refractivity (Wildman–Crippen MR) is 67.1 cm³/mol. The summed E-state index contributed by atoms with van der Waals surface area (Å²) >= 11 is 0. The fraction of sp³-hybridized carbons (Fsp3) is 0.462. The molecule has 1 unspecified atom stereocenters. The first kappa shape index (κ1) is 13.0. The molecule has 0 aliphatic heterocycles. The number of halogens is 2. The third kappa shape index (κ3) is 2.36. The normalized spacial score (nSPS) is 14.1. The minimum atomic E-state index is -0.917. The Balaban J connectivity index is 2.34. The van der Waals surface area contributed by atoms with Crippen molar-refractivity contribution in [3.05, 3.63) is 29.6 Å². The zero-order valence-corrected chi connectivity index (χ0v) is 10.7. The quantitative estimate of drug-likeness (QED) is 0.864. The Bertz CT molecular complexity index is 569. The number of aromatic amines is 1. The van der Waals surface area contributed by atoms with Crippen LogP contribution in [0.1, 0.15) is 26.6 Å². The van der Waals surface area contributed by atoms with Gasteiger partial charge >= 0.3 is 0 Å². The molecule has 3 N–H and O–H groups in total. The van der Waals surface area contributed by atoms with Gasteiger partial charge in [0.15, 0.2) is 11.6 Å². The first-order valence-electron chi connectivity index (χ1n) is 5.87. The molecular weight excluding hydrogens is 236 g/mol. The highest BCUT2D eigenvalue weighted by Gasteiger charge is 2.22. The number of nitrogens with zero attached hydrogens (tertiary/aromatic N) is 1. The SMILES string of the molecule is CC(C)(C)C(N)Cc1nc2c(F)c(F)ccc2[nH]1. The van der Waals surface area contributed by atoms with Gasteiger partial charge in [0.05, 0.1) is 5.52 Å². The molecule has 18 heavy (non-hydrogen) atoms. The van der Waals surface area contributed by atoms with Crippen LogP contribution < -0.4 is 5.73 Å². The maximum atomic E-state index is 13.5. The van der Waals surface area contributed by atoms with Gasteiger partial charge in [-0.25, -0.2) is 13.8 Å². The topological polar surface area (TPSA) is 54.7 Å². The first-order valence-corrected chi connectivity index (χ1v) is 5.87. The largest absolute Gasteiger partial charge is 0.342 e. The van der Waals surface area contributed by atoms with E-state index in [0.717, 1.165) is 6.07 Å². The zero-order chi connectivity index (χ0) is 13.5. The Kier molecular flexibility index (Phi) is 3.11. The van der Waals surface area contributed by atoms with Gasteiger partial charge < -0.3 is 10.7 Å². The van der Waals surface area contributed by atoms with Crippen molar-refractivity contribution >= 4 is 11.0 Å². The molecule has 0 aliphatic rings. The van der Waals surface area contributed by atoms with Gasteiger partial charge in [0.1, 0.15) is 11.3 Å². The van der Waals surface area contributed by atoms with Crippen LogP contribution in [-0.2, 0) is 6.42 Å². The van der Waals surface area contributed by atoms with Gasteiger partial charge in [-0.1, -0.05) is 20.8 Å². The van der Waals surface area contributed by atoms with Crippen LogP contribution in [0, 0.1) is 17.0 Å². The molecule has 1 aromatic heterocycles. The number of hydrogen-bond donors (Lipinski definition) is 2. The van der Waals surface area contributed by atoms with E-state index in [2.05, 4.69) is 9.97 Å². The van der Waals surface area contributed by atoms with Crippen molar-refractivity contribution < 1.29 is 8.78 Å². The number of hydrogen-bond acceptors (Lipinski definition) is 2. The summed E-state index contributed by atoms with van der Waals surface area (Å²) < 4.78 is 26.6. The number of aromatic nitrogens is 2. The zero-order valence-electron chi connectivity index (χ0n) is 10.7. The predicted octanol–water partition coefficient (Wildman–Crippen LogP) is 2.76. The fourth-order valence-corrected chi connectivity index (χ4v) is 1.68. The second kappa shape index (κ2) is 4.31. The lowest BCUT2D eigenvalue weighted by Crippen LogP contribution is -2.37. The molecule has 3 nitrogen and oxygen atoms in total. The maximum Gasteiger partial charge on any atom is 0.186 e. The number of H-pyrrole nitrogens is 1. The maximum absolute atomic E-state index is 13.5. The van der Waals surface area contributed by atoms with Gasteiger partial charge in [0.25, 0.3) is 0 Å². The summed E-state index contributed by atoms with van der Waals surface area (Å²) in [5.74, 6) is -1.23. The number of rotatable bonds is 2. The van der Waals surface area contributed by atoms with Crippen LogP contribution in [0.15, 0.2) is 12.1 Å². The third-order valence-corrected chi connectivity index (χ3v) is 3.12. The van der Waals surface area contributed by atoms with Crippen molar-refractivity contribution in [2.75, 3.05) is 0 Å². The molecule has 5 heteroatoms. The Morgan fingerprint density at radius 3 is 2.61 bits per heavy atom.